The summed E-state index contributed by atoms with van der Waals surface area (Å²) in [6, 6.07) is 5.38. The molecule has 0 spiro atoms. The third-order valence-corrected chi connectivity index (χ3v) is 7.30. The van der Waals surface area contributed by atoms with Crippen molar-refractivity contribution in [1.82, 2.24) is 15.5 Å². The SMILES string of the molecule is CCCCC(CCC(=O)N(CC1=CC=CC1)CC1=CC=CC1)NC(=O)N[C@@H](CC)c1ccc2c(c1)OCO2. The van der Waals surface area contributed by atoms with Crippen LogP contribution in [0.1, 0.15) is 76.8 Å². The minimum atomic E-state index is -0.204. The fourth-order valence-corrected chi connectivity index (χ4v) is 5.07. The van der Waals surface area contributed by atoms with Crippen molar-refractivity contribution in [2.45, 2.75) is 77.3 Å². The molecule has 1 unspecified atom stereocenters. The Morgan fingerprint density at radius 3 is 2.29 bits per heavy atom. The molecule has 3 amide bonds. The van der Waals surface area contributed by atoms with Gasteiger partial charge in [-0.1, -0.05) is 69.2 Å². The van der Waals surface area contributed by atoms with E-state index < -0.39 is 0 Å². The Bertz CT molecular complexity index is 1070. The van der Waals surface area contributed by atoms with Gasteiger partial charge in [0, 0.05) is 25.6 Å². The van der Waals surface area contributed by atoms with E-state index in [2.05, 4.69) is 54.0 Å². The van der Waals surface area contributed by atoms with Gasteiger partial charge < -0.3 is 25.0 Å². The highest BCUT2D eigenvalue weighted by molar-refractivity contribution is 5.77. The van der Waals surface area contributed by atoms with Crippen molar-refractivity contribution in [2.75, 3.05) is 19.9 Å². The maximum Gasteiger partial charge on any atom is 0.315 e. The van der Waals surface area contributed by atoms with Crippen LogP contribution in [0.3, 0.4) is 0 Å². The third-order valence-electron chi connectivity index (χ3n) is 7.30. The summed E-state index contributed by atoms with van der Waals surface area (Å²) in [5.74, 6) is 1.58. The summed E-state index contributed by atoms with van der Waals surface area (Å²) in [6.07, 6.45) is 19.1. The number of fused-ring (bicyclic) bond motifs is 1. The van der Waals surface area contributed by atoms with Gasteiger partial charge in [0.2, 0.25) is 12.7 Å². The first-order chi connectivity index (χ1) is 18.6. The number of hydrogen-bond acceptors (Lipinski definition) is 4. The molecule has 2 atom stereocenters. The summed E-state index contributed by atoms with van der Waals surface area (Å²) >= 11 is 0. The molecule has 0 fully saturated rings. The lowest BCUT2D eigenvalue weighted by atomic mass is 10.0. The normalized spacial score (nSPS) is 16.7. The Morgan fingerprint density at radius 2 is 1.66 bits per heavy atom. The van der Waals surface area contributed by atoms with Crippen LogP contribution < -0.4 is 20.1 Å². The second-order valence-corrected chi connectivity index (χ2v) is 10.2. The summed E-state index contributed by atoms with van der Waals surface area (Å²) in [6.45, 7) is 5.72. The number of nitrogens with zero attached hydrogens (tertiary/aromatic N) is 1. The fraction of sp³-hybridized carbons (Fsp3) is 0.484. The standard InChI is InChI=1S/C31H41N3O4/c1-3-5-14-26(32-31(36)33-27(4-2)25-15-17-28-29(19-25)38-22-37-28)16-18-30(35)34(20-23-10-6-7-11-23)21-24-12-8-9-13-24/h6-10,12,15,17,19,26-27H,3-5,11,13-14,16,18,20-22H2,1-2H3,(H2,32,33,36)/t26?,27-/m0/s1. The second kappa shape index (κ2) is 13.9. The first-order valence-corrected chi connectivity index (χ1v) is 14.0. The van der Waals surface area contributed by atoms with E-state index in [1.54, 1.807) is 0 Å². The van der Waals surface area contributed by atoms with Crippen LogP contribution >= 0.6 is 0 Å². The molecule has 2 N–H and O–H groups in total. The van der Waals surface area contributed by atoms with Crippen molar-refractivity contribution in [3.8, 4) is 11.5 Å². The van der Waals surface area contributed by atoms with Crippen molar-refractivity contribution in [2.24, 2.45) is 0 Å². The molecule has 1 aromatic carbocycles. The molecule has 0 bridgehead atoms. The van der Waals surface area contributed by atoms with Gasteiger partial charge in [-0.15, -0.1) is 0 Å². The number of benzene rings is 1. The highest BCUT2D eigenvalue weighted by atomic mass is 16.7. The molecular weight excluding hydrogens is 478 g/mol. The maximum atomic E-state index is 13.4. The molecule has 0 radical (unpaired) electrons. The number of nitrogens with one attached hydrogen (secondary N) is 2. The molecule has 0 aromatic heterocycles. The van der Waals surface area contributed by atoms with E-state index in [1.807, 2.05) is 30.0 Å². The Balaban J connectivity index is 1.33. The van der Waals surface area contributed by atoms with Gasteiger partial charge >= 0.3 is 6.03 Å². The van der Waals surface area contributed by atoms with Crippen molar-refractivity contribution in [1.29, 1.82) is 0 Å². The van der Waals surface area contributed by atoms with Crippen molar-refractivity contribution >= 4 is 11.9 Å². The number of carbonyl (C=O) groups is 2. The molecule has 0 saturated heterocycles. The Hall–Kier alpha value is -3.48. The van der Waals surface area contributed by atoms with Gasteiger partial charge in [-0.2, -0.15) is 0 Å². The minimum absolute atomic E-state index is 0.0604. The number of hydrogen-bond donors (Lipinski definition) is 2. The Labute approximate surface area is 226 Å². The van der Waals surface area contributed by atoms with Crippen molar-refractivity contribution < 1.29 is 19.1 Å². The minimum Gasteiger partial charge on any atom is -0.454 e. The number of allylic oxidation sites excluding steroid dienone is 6. The van der Waals surface area contributed by atoms with Crippen LogP contribution in [0.2, 0.25) is 0 Å². The second-order valence-electron chi connectivity index (χ2n) is 10.2. The summed E-state index contributed by atoms with van der Waals surface area (Å²) in [5, 5.41) is 6.28. The largest absolute Gasteiger partial charge is 0.454 e. The molecule has 1 aromatic rings. The monoisotopic (exact) mass is 519 g/mol. The van der Waals surface area contributed by atoms with Gasteiger partial charge in [-0.3, -0.25) is 4.79 Å². The average molecular weight is 520 g/mol. The zero-order valence-corrected chi connectivity index (χ0v) is 22.7. The smallest absolute Gasteiger partial charge is 0.315 e. The number of unbranched alkanes of at least 4 members (excludes halogenated alkanes) is 1. The van der Waals surface area contributed by atoms with Crippen LogP contribution in [0.25, 0.3) is 0 Å². The zero-order valence-electron chi connectivity index (χ0n) is 22.7. The van der Waals surface area contributed by atoms with E-state index in [9.17, 15) is 9.59 Å². The molecule has 0 saturated carbocycles. The van der Waals surface area contributed by atoms with E-state index in [0.29, 0.717) is 31.7 Å². The lowest BCUT2D eigenvalue weighted by molar-refractivity contribution is -0.130. The highest BCUT2D eigenvalue weighted by Crippen LogP contribution is 2.34. The van der Waals surface area contributed by atoms with Crippen molar-refractivity contribution in [3.63, 3.8) is 0 Å². The van der Waals surface area contributed by atoms with E-state index in [-0.39, 0.29) is 30.8 Å². The first kappa shape index (κ1) is 27.6. The number of amides is 3. The number of urea groups is 1. The fourth-order valence-electron chi connectivity index (χ4n) is 5.07. The highest BCUT2D eigenvalue weighted by Gasteiger charge is 2.22. The summed E-state index contributed by atoms with van der Waals surface area (Å²) in [7, 11) is 0. The van der Waals surface area contributed by atoms with E-state index >= 15 is 0 Å². The van der Waals surface area contributed by atoms with Crippen molar-refractivity contribution in [3.05, 3.63) is 71.4 Å². The molecule has 3 aliphatic rings. The van der Waals surface area contributed by atoms with Crippen LogP contribution in [0, 0.1) is 0 Å². The van der Waals surface area contributed by atoms with Crippen LogP contribution in [-0.4, -0.2) is 42.8 Å². The summed E-state index contributed by atoms with van der Waals surface area (Å²) < 4.78 is 10.9. The van der Waals surface area contributed by atoms with Crippen LogP contribution in [0.15, 0.2) is 65.8 Å². The Morgan fingerprint density at radius 1 is 0.947 bits per heavy atom. The van der Waals surface area contributed by atoms with Crippen LogP contribution in [0.5, 0.6) is 11.5 Å². The summed E-state index contributed by atoms with van der Waals surface area (Å²) in [4.78, 5) is 28.4. The molecule has 7 heteroatoms. The lowest BCUT2D eigenvalue weighted by Crippen LogP contribution is -2.44. The molecule has 2 aliphatic carbocycles. The quantitative estimate of drug-likeness (QED) is 0.311. The van der Waals surface area contributed by atoms with Gasteiger partial charge in [-0.25, -0.2) is 4.79 Å². The van der Waals surface area contributed by atoms with Gasteiger partial charge in [0.15, 0.2) is 11.5 Å². The van der Waals surface area contributed by atoms with E-state index in [4.69, 9.17) is 9.47 Å². The average Bonchev–Trinajstić information content (AvgIpc) is 3.71. The topological polar surface area (TPSA) is 79.9 Å². The van der Waals surface area contributed by atoms with Gasteiger partial charge in [0.25, 0.3) is 0 Å². The molecule has 38 heavy (non-hydrogen) atoms. The molecule has 204 valence electrons. The molecular formula is C31H41N3O4. The number of rotatable bonds is 14. The lowest BCUT2D eigenvalue weighted by Gasteiger charge is -2.26. The molecule has 4 rings (SSSR count). The Kier molecular flexibility index (Phi) is 10.1. The summed E-state index contributed by atoms with van der Waals surface area (Å²) in [5.41, 5.74) is 3.51. The molecule has 1 heterocycles. The predicted molar refractivity (Wildman–Crippen MR) is 150 cm³/mol. The predicted octanol–water partition coefficient (Wildman–Crippen LogP) is 6.11. The van der Waals surface area contributed by atoms with Crippen LogP contribution in [-0.2, 0) is 4.79 Å². The molecule has 7 nitrogen and oxygen atoms in total. The maximum absolute atomic E-state index is 13.4. The zero-order chi connectivity index (χ0) is 26.7. The third kappa shape index (κ3) is 7.76. The number of carbonyl (C=O) groups excluding carboxylic acids is 2. The van der Waals surface area contributed by atoms with Gasteiger partial charge in [0.1, 0.15) is 0 Å². The van der Waals surface area contributed by atoms with Gasteiger partial charge in [0.05, 0.1) is 6.04 Å². The van der Waals surface area contributed by atoms with Crippen LogP contribution in [0.4, 0.5) is 4.79 Å². The molecule has 1 aliphatic heterocycles. The number of ether oxygens (including phenoxy) is 2. The van der Waals surface area contributed by atoms with Gasteiger partial charge in [-0.05, 0) is 60.9 Å². The first-order valence-electron chi connectivity index (χ1n) is 14.0. The van der Waals surface area contributed by atoms with E-state index in [1.165, 1.54) is 11.1 Å². The van der Waals surface area contributed by atoms with E-state index in [0.717, 1.165) is 49.8 Å².